The number of aromatic nitrogens is 2. The summed E-state index contributed by atoms with van der Waals surface area (Å²) in [5.41, 5.74) is 1.30. The maximum Gasteiger partial charge on any atom is 0.253 e. The molecule has 2 aromatic rings. The van der Waals surface area contributed by atoms with Gasteiger partial charge in [0.1, 0.15) is 0 Å². The highest BCUT2D eigenvalue weighted by Crippen LogP contribution is 2.17. The van der Waals surface area contributed by atoms with Gasteiger partial charge in [0.25, 0.3) is 5.91 Å². The van der Waals surface area contributed by atoms with Crippen molar-refractivity contribution in [1.29, 1.82) is 0 Å². The maximum absolute atomic E-state index is 12.0. The van der Waals surface area contributed by atoms with Crippen molar-refractivity contribution in [3.8, 4) is 11.5 Å². The van der Waals surface area contributed by atoms with Gasteiger partial charge in [-0.2, -0.15) is 0 Å². The van der Waals surface area contributed by atoms with Crippen LogP contribution in [0.5, 0.6) is 0 Å². The molecule has 0 radical (unpaired) electrons. The Morgan fingerprint density at radius 2 is 2.11 bits per heavy atom. The lowest BCUT2D eigenvalue weighted by Crippen LogP contribution is -2.32. The fourth-order valence-corrected chi connectivity index (χ4v) is 1.75. The molecule has 1 aromatic carbocycles. The van der Waals surface area contributed by atoms with Crippen LogP contribution >= 0.6 is 0 Å². The highest BCUT2D eigenvalue weighted by molar-refractivity contribution is 5.94. The number of carbonyl (C=O) groups is 1. The Labute approximate surface area is 110 Å². The van der Waals surface area contributed by atoms with E-state index in [2.05, 4.69) is 10.2 Å². The summed E-state index contributed by atoms with van der Waals surface area (Å²) >= 11 is 0. The lowest BCUT2D eigenvalue weighted by Gasteiger charge is -2.18. The minimum absolute atomic E-state index is 0.141. The average molecular weight is 261 g/mol. The normalized spacial score (nSPS) is 12.2. The molecule has 1 aromatic heterocycles. The number of amides is 1. The van der Waals surface area contributed by atoms with E-state index >= 15 is 0 Å². The molecule has 1 N–H and O–H groups in total. The van der Waals surface area contributed by atoms with Crippen LogP contribution < -0.4 is 0 Å². The smallest absolute Gasteiger partial charge is 0.253 e. The molecule has 100 valence electrons. The van der Waals surface area contributed by atoms with Gasteiger partial charge in [0.15, 0.2) is 0 Å². The molecule has 0 bridgehead atoms. The molecule has 1 heterocycles. The Morgan fingerprint density at radius 1 is 1.42 bits per heavy atom. The second-order valence-electron chi connectivity index (χ2n) is 4.36. The molecule has 6 nitrogen and oxygen atoms in total. The van der Waals surface area contributed by atoms with Gasteiger partial charge >= 0.3 is 0 Å². The van der Waals surface area contributed by atoms with Gasteiger partial charge in [-0.1, -0.05) is 0 Å². The van der Waals surface area contributed by atoms with Gasteiger partial charge in [0.2, 0.25) is 12.3 Å². The molecule has 0 saturated carbocycles. The SMILES string of the molecule is CC(O)CN(C)C(=O)c1ccc(-c2nnco2)cc1. The first kappa shape index (κ1) is 13.2. The predicted octanol–water partition coefficient (Wildman–Crippen LogP) is 1.19. The number of aliphatic hydroxyl groups is 1. The Morgan fingerprint density at radius 3 is 2.63 bits per heavy atom. The van der Waals surface area contributed by atoms with E-state index in [9.17, 15) is 9.90 Å². The van der Waals surface area contributed by atoms with E-state index in [-0.39, 0.29) is 5.91 Å². The second-order valence-corrected chi connectivity index (χ2v) is 4.36. The van der Waals surface area contributed by atoms with Crippen molar-refractivity contribution in [3.05, 3.63) is 36.2 Å². The fourth-order valence-electron chi connectivity index (χ4n) is 1.75. The van der Waals surface area contributed by atoms with Crippen molar-refractivity contribution in [1.82, 2.24) is 15.1 Å². The first-order chi connectivity index (χ1) is 9.08. The van der Waals surface area contributed by atoms with E-state index < -0.39 is 6.10 Å². The number of hydrogen-bond acceptors (Lipinski definition) is 5. The molecule has 0 aliphatic rings. The molecule has 1 amide bonds. The number of rotatable bonds is 4. The summed E-state index contributed by atoms with van der Waals surface area (Å²) in [6.07, 6.45) is 0.705. The number of benzene rings is 1. The average Bonchev–Trinajstić information content (AvgIpc) is 2.91. The van der Waals surface area contributed by atoms with Gasteiger partial charge in [0.05, 0.1) is 6.10 Å². The Kier molecular flexibility index (Phi) is 3.91. The second kappa shape index (κ2) is 5.62. The van der Waals surface area contributed by atoms with Crippen LogP contribution in [0.2, 0.25) is 0 Å². The van der Waals surface area contributed by atoms with Crippen LogP contribution in [0.3, 0.4) is 0 Å². The third-order valence-corrected chi connectivity index (χ3v) is 2.62. The zero-order valence-corrected chi connectivity index (χ0v) is 10.8. The molecule has 1 unspecified atom stereocenters. The molecule has 0 spiro atoms. The van der Waals surface area contributed by atoms with Crippen LogP contribution in [-0.4, -0.2) is 45.8 Å². The molecule has 2 rings (SSSR count). The molecule has 0 aliphatic carbocycles. The molecule has 0 fully saturated rings. The lowest BCUT2D eigenvalue weighted by atomic mass is 10.1. The van der Waals surface area contributed by atoms with Crippen LogP contribution in [-0.2, 0) is 0 Å². The van der Waals surface area contributed by atoms with Gasteiger partial charge in [0, 0.05) is 24.7 Å². The highest BCUT2D eigenvalue weighted by atomic mass is 16.4. The van der Waals surface area contributed by atoms with E-state index in [1.807, 2.05) is 0 Å². The summed E-state index contributed by atoms with van der Waals surface area (Å²) in [7, 11) is 1.65. The highest BCUT2D eigenvalue weighted by Gasteiger charge is 2.13. The minimum atomic E-state index is -0.549. The number of aliphatic hydroxyl groups excluding tert-OH is 1. The van der Waals surface area contributed by atoms with Crippen LogP contribution in [0.4, 0.5) is 0 Å². The molecule has 0 aliphatic heterocycles. The van der Waals surface area contributed by atoms with Crippen LogP contribution in [0, 0.1) is 0 Å². The Hall–Kier alpha value is -2.21. The van der Waals surface area contributed by atoms with Crippen molar-refractivity contribution in [2.75, 3.05) is 13.6 Å². The van der Waals surface area contributed by atoms with Crippen molar-refractivity contribution in [2.45, 2.75) is 13.0 Å². The van der Waals surface area contributed by atoms with Crippen LogP contribution in [0.15, 0.2) is 35.1 Å². The standard InChI is InChI=1S/C13H15N3O3/c1-9(17)7-16(2)13(18)11-5-3-10(4-6-11)12-15-14-8-19-12/h3-6,8-9,17H,7H2,1-2H3. The summed E-state index contributed by atoms with van der Waals surface area (Å²) in [6.45, 7) is 1.94. The summed E-state index contributed by atoms with van der Waals surface area (Å²) < 4.78 is 5.07. The Balaban J connectivity index is 2.12. The zero-order valence-electron chi connectivity index (χ0n) is 10.8. The molecular weight excluding hydrogens is 246 g/mol. The van der Waals surface area contributed by atoms with Crippen molar-refractivity contribution < 1.29 is 14.3 Å². The molecule has 1 atom stereocenters. The topological polar surface area (TPSA) is 79.5 Å². The van der Waals surface area contributed by atoms with Gasteiger partial charge < -0.3 is 14.4 Å². The number of nitrogens with zero attached hydrogens (tertiary/aromatic N) is 3. The van der Waals surface area contributed by atoms with Crippen LogP contribution in [0.1, 0.15) is 17.3 Å². The summed E-state index contributed by atoms with van der Waals surface area (Å²) in [5, 5.41) is 16.7. The summed E-state index contributed by atoms with van der Waals surface area (Å²) in [5.74, 6) is 0.273. The van der Waals surface area contributed by atoms with E-state index in [0.717, 1.165) is 5.56 Å². The van der Waals surface area contributed by atoms with Gasteiger partial charge in [-0.05, 0) is 31.2 Å². The zero-order chi connectivity index (χ0) is 13.8. The maximum atomic E-state index is 12.0. The molecule has 0 saturated heterocycles. The first-order valence-electron chi connectivity index (χ1n) is 5.88. The molecule has 6 heteroatoms. The van der Waals surface area contributed by atoms with Crippen molar-refractivity contribution >= 4 is 5.91 Å². The Bertz CT molecular complexity index is 535. The van der Waals surface area contributed by atoms with Crippen LogP contribution in [0.25, 0.3) is 11.5 Å². The van der Waals surface area contributed by atoms with Crippen molar-refractivity contribution in [3.63, 3.8) is 0 Å². The fraction of sp³-hybridized carbons (Fsp3) is 0.308. The van der Waals surface area contributed by atoms with E-state index in [0.29, 0.717) is 18.0 Å². The molecule has 19 heavy (non-hydrogen) atoms. The first-order valence-corrected chi connectivity index (χ1v) is 5.88. The number of hydrogen-bond donors (Lipinski definition) is 1. The van der Waals surface area contributed by atoms with Gasteiger partial charge in [-0.25, -0.2) is 0 Å². The summed E-state index contributed by atoms with van der Waals surface area (Å²) in [6, 6.07) is 6.88. The monoisotopic (exact) mass is 261 g/mol. The van der Waals surface area contributed by atoms with E-state index in [4.69, 9.17) is 4.42 Å². The lowest BCUT2D eigenvalue weighted by molar-refractivity contribution is 0.0703. The third kappa shape index (κ3) is 3.17. The largest absolute Gasteiger partial charge is 0.423 e. The number of carbonyl (C=O) groups excluding carboxylic acids is 1. The van der Waals surface area contributed by atoms with Gasteiger partial charge in [-0.3, -0.25) is 4.79 Å². The number of likely N-dealkylation sites (N-methyl/N-ethyl adjacent to an activating group) is 1. The molecular formula is C13H15N3O3. The summed E-state index contributed by atoms with van der Waals surface area (Å²) in [4.78, 5) is 13.5. The minimum Gasteiger partial charge on any atom is -0.423 e. The van der Waals surface area contributed by atoms with E-state index in [1.165, 1.54) is 11.3 Å². The predicted molar refractivity (Wildman–Crippen MR) is 68.4 cm³/mol. The third-order valence-electron chi connectivity index (χ3n) is 2.62. The van der Waals surface area contributed by atoms with Crippen molar-refractivity contribution in [2.24, 2.45) is 0 Å². The van der Waals surface area contributed by atoms with E-state index in [1.54, 1.807) is 38.2 Å². The quantitative estimate of drug-likeness (QED) is 0.894. The van der Waals surface area contributed by atoms with Gasteiger partial charge in [-0.15, -0.1) is 10.2 Å².